The highest BCUT2D eigenvalue weighted by Crippen LogP contribution is 2.31. The van der Waals surface area contributed by atoms with Gasteiger partial charge in [0.1, 0.15) is 18.1 Å². The van der Waals surface area contributed by atoms with Crippen molar-refractivity contribution in [2.75, 3.05) is 10.2 Å². The Morgan fingerprint density at radius 1 is 1.00 bits per heavy atom. The number of aromatic nitrogens is 4. The second-order valence-corrected chi connectivity index (χ2v) is 10.2. The maximum absolute atomic E-state index is 14.0. The van der Waals surface area contributed by atoms with E-state index in [1.54, 1.807) is 43.3 Å². The second kappa shape index (κ2) is 12.6. The van der Waals surface area contributed by atoms with Crippen LogP contribution >= 0.6 is 0 Å². The van der Waals surface area contributed by atoms with E-state index in [2.05, 4.69) is 26.0 Å². The van der Waals surface area contributed by atoms with Gasteiger partial charge in [-0.2, -0.15) is 4.80 Å². The van der Waals surface area contributed by atoms with Crippen LogP contribution in [0, 0.1) is 6.92 Å². The van der Waals surface area contributed by atoms with Crippen molar-refractivity contribution >= 4 is 29.1 Å². The van der Waals surface area contributed by atoms with Crippen molar-refractivity contribution in [1.82, 2.24) is 25.5 Å². The quantitative estimate of drug-likeness (QED) is 0.312. The van der Waals surface area contributed by atoms with E-state index in [-0.39, 0.29) is 24.4 Å². The average molecular weight is 556 g/mol. The SMILES string of the molecule is CC(=O)Nc1ccc(N(C(=O)Cn2nnc(-c3ccccc3)n2)C(C(=O)NC2CCCCC2)c2ccc(C)o2)cc1. The molecule has 0 bridgehead atoms. The molecule has 11 heteroatoms. The first-order chi connectivity index (χ1) is 19.9. The lowest BCUT2D eigenvalue weighted by Gasteiger charge is -2.32. The summed E-state index contributed by atoms with van der Waals surface area (Å²) in [4.78, 5) is 42.1. The molecule has 1 unspecified atom stereocenters. The van der Waals surface area contributed by atoms with Gasteiger partial charge in [-0.25, -0.2) is 0 Å². The molecule has 212 valence electrons. The molecular formula is C30H33N7O4. The molecule has 0 saturated heterocycles. The molecule has 1 atom stereocenters. The number of amides is 3. The first-order valence-electron chi connectivity index (χ1n) is 13.8. The highest BCUT2D eigenvalue weighted by molar-refractivity contribution is 6.01. The van der Waals surface area contributed by atoms with E-state index in [1.807, 2.05) is 30.3 Å². The van der Waals surface area contributed by atoms with Crippen LogP contribution in [0.1, 0.15) is 56.6 Å². The minimum absolute atomic E-state index is 0.0271. The Morgan fingerprint density at radius 3 is 2.39 bits per heavy atom. The van der Waals surface area contributed by atoms with Gasteiger partial charge in [-0.05, 0) is 61.4 Å². The summed E-state index contributed by atoms with van der Waals surface area (Å²) in [6.45, 7) is 2.95. The molecule has 1 aliphatic carbocycles. The summed E-state index contributed by atoms with van der Waals surface area (Å²) in [5.41, 5.74) is 1.79. The number of furan rings is 1. The van der Waals surface area contributed by atoms with Crippen molar-refractivity contribution < 1.29 is 18.8 Å². The first kappa shape index (κ1) is 27.8. The van der Waals surface area contributed by atoms with Crippen molar-refractivity contribution in [1.29, 1.82) is 0 Å². The smallest absolute Gasteiger partial charge is 0.251 e. The van der Waals surface area contributed by atoms with Gasteiger partial charge in [0, 0.05) is 29.9 Å². The topological polar surface area (TPSA) is 135 Å². The number of hydrogen-bond donors (Lipinski definition) is 2. The normalized spacial score (nSPS) is 14.3. The van der Waals surface area contributed by atoms with Crippen LogP contribution in [0.3, 0.4) is 0 Å². The van der Waals surface area contributed by atoms with Crippen molar-refractivity contribution in [3.63, 3.8) is 0 Å². The fourth-order valence-corrected chi connectivity index (χ4v) is 5.06. The number of hydrogen-bond acceptors (Lipinski definition) is 7. The van der Waals surface area contributed by atoms with Crippen LogP contribution in [0.25, 0.3) is 11.4 Å². The van der Waals surface area contributed by atoms with E-state index in [0.29, 0.717) is 28.7 Å². The average Bonchev–Trinajstić information content (AvgIpc) is 3.61. The van der Waals surface area contributed by atoms with Gasteiger partial charge in [0.2, 0.25) is 11.7 Å². The maximum Gasteiger partial charge on any atom is 0.251 e. The van der Waals surface area contributed by atoms with E-state index in [9.17, 15) is 14.4 Å². The molecule has 1 aliphatic rings. The second-order valence-electron chi connectivity index (χ2n) is 10.2. The zero-order chi connectivity index (χ0) is 28.8. The van der Waals surface area contributed by atoms with Crippen LogP contribution in [-0.4, -0.2) is 44.0 Å². The van der Waals surface area contributed by atoms with Gasteiger partial charge in [0.15, 0.2) is 6.04 Å². The van der Waals surface area contributed by atoms with E-state index < -0.39 is 11.9 Å². The largest absolute Gasteiger partial charge is 0.464 e. The molecule has 0 spiro atoms. The molecule has 5 rings (SSSR count). The number of rotatable bonds is 9. The molecule has 2 N–H and O–H groups in total. The number of carbonyl (C=O) groups is 3. The predicted molar refractivity (Wildman–Crippen MR) is 153 cm³/mol. The number of nitrogens with one attached hydrogen (secondary N) is 2. The molecule has 0 aliphatic heterocycles. The highest BCUT2D eigenvalue weighted by Gasteiger charge is 2.36. The minimum Gasteiger partial charge on any atom is -0.464 e. The van der Waals surface area contributed by atoms with Gasteiger partial charge in [-0.3, -0.25) is 19.3 Å². The minimum atomic E-state index is -1.08. The third-order valence-corrected chi connectivity index (χ3v) is 6.98. The van der Waals surface area contributed by atoms with Crippen LogP contribution in [0.2, 0.25) is 0 Å². The number of benzene rings is 2. The molecule has 41 heavy (non-hydrogen) atoms. The van der Waals surface area contributed by atoms with Crippen molar-refractivity contribution in [2.45, 2.75) is 64.6 Å². The van der Waals surface area contributed by atoms with Crippen LogP contribution < -0.4 is 15.5 Å². The monoisotopic (exact) mass is 555 g/mol. The summed E-state index contributed by atoms with van der Waals surface area (Å²) < 4.78 is 5.93. The van der Waals surface area contributed by atoms with E-state index in [1.165, 1.54) is 16.6 Å². The van der Waals surface area contributed by atoms with Crippen molar-refractivity contribution in [3.05, 3.63) is 78.3 Å². The lowest BCUT2D eigenvalue weighted by Crippen LogP contribution is -2.48. The maximum atomic E-state index is 14.0. The van der Waals surface area contributed by atoms with Crippen molar-refractivity contribution in [2.24, 2.45) is 0 Å². The number of aryl methyl sites for hydroxylation is 1. The van der Waals surface area contributed by atoms with Gasteiger partial charge in [0.05, 0.1) is 0 Å². The molecular weight excluding hydrogens is 522 g/mol. The van der Waals surface area contributed by atoms with E-state index >= 15 is 0 Å². The molecule has 2 heterocycles. The molecule has 1 saturated carbocycles. The Labute approximate surface area is 237 Å². The van der Waals surface area contributed by atoms with E-state index in [4.69, 9.17) is 4.42 Å². The van der Waals surface area contributed by atoms with Gasteiger partial charge in [-0.15, -0.1) is 10.2 Å². The standard InChI is InChI=1S/C30H33N7O4/c1-20-13-18-26(41-20)28(30(40)32-23-11-7-4-8-12-23)37(25-16-14-24(15-17-25)31-21(2)38)27(39)19-36-34-29(33-35-36)22-9-5-3-6-10-22/h3,5-6,9-10,13-18,23,28H,4,7-8,11-12,19H2,1-2H3,(H,31,38)(H,32,40). The zero-order valence-electron chi connectivity index (χ0n) is 23.1. The molecule has 11 nitrogen and oxygen atoms in total. The lowest BCUT2D eigenvalue weighted by molar-refractivity contribution is -0.128. The summed E-state index contributed by atoms with van der Waals surface area (Å²) in [5.74, 6) is 0.362. The highest BCUT2D eigenvalue weighted by atomic mass is 16.3. The Kier molecular flexibility index (Phi) is 8.52. The summed E-state index contributed by atoms with van der Waals surface area (Å²) >= 11 is 0. The van der Waals surface area contributed by atoms with Crippen LogP contribution in [0.4, 0.5) is 11.4 Å². The van der Waals surface area contributed by atoms with Gasteiger partial charge >= 0.3 is 0 Å². The fraction of sp³-hybridized carbons (Fsp3) is 0.333. The Morgan fingerprint density at radius 2 is 1.73 bits per heavy atom. The first-order valence-corrected chi connectivity index (χ1v) is 13.8. The number of nitrogens with zero attached hydrogens (tertiary/aromatic N) is 5. The Hall–Kier alpha value is -4.80. The van der Waals surface area contributed by atoms with Gasteiger partial charge in [-0.1, -0.05) is 49.6 Å². The summed E-state index contributed by atoms with van der Waals surface area (Å²) in [5, 5.41) is 18.5. The molecule has 2 aromatic carbocycles. The fourth-order valence-electron chi connectivity index (χ4n) is 5.06. The number of anilines is 2. The van der Waals surface area contributed by atoms with Gasteiger partial charge < -0.3 is 15.1 Å². The lowest BCUT2D eigenvalue weighted by atomic mass is 9.95. The van der Waals surface area contributed by atoms with Crippen LogP contribution in [0.5, 0.6) is 0 Å². The van der Waals surface area contributed by atoms with E-state index in [0.717, 1.165) is 37.7 Å². The Balaban J connectivity index is 1.49. The third-order valence-electron chi connectivity index (χ3n) is 6.98. The van der Waals surface area contributed by atoms with Crippen LogP contribution in [-0.2, 0) is 20.9 Å². The summed E-state index contributed by atoms with van der Waals surface area (Å²) in [6.07, 6.45) is 5.02. The molecule has 0 radical (unpaired) electrons. The Bertz CT molecular complexity index is 1490. The molecule has 4 aromatic rings. The number of carbonyl (C=O) groups excluding carboxylic acids is 3. The molecule has 1 fully saturated rings. The third kappa shape index (κ3) is 6.86. The summed E-state index contributed by atoms with van der Waals surface area (Å²) in [6, 6.07) is 18.5. The van der Waals surface area contributed by atoms with Crippen molar-refractivity contribution in [3.8, 4) is 11.4 Å². The molecule has 3 amide bonds. The zero-order valence-corrected chi connectivity index (χ0v) is 23.1. The van der Waals surface area contributed by atoms with Gasteiger partial charge in [0.25, 0.3) is 11.8 Å². The number of tetrazole rings is 1. The van der Waals surface area contributed by atoms with Crippen LogP contribution in [0.15, 0.2) is 71.1 Å². The molecule has 2 aromatic heterocycles. The predicted octanol–water partition coefficient (Wildman–Crippen LogP) is 4.42. The summed E-state index contributed by atoms with van der Waals surface area (Å²) in [7, 11) is 0.